The van der Waals surface area contributed by atoms with Crippen LogP contribution in [0.4, 0.5) is 0 Å². The number of benzene rings is 2. The zero-order valence-corrected chi connectivity index (χ0v) is 22.2. The van der Waals surface area contributed by atoms with Gasteiger partial charge in [-0.15, -0.1) is 11.3 Å². The van der Waals surface area contributed by atoms with E-state index < -0.39 is 0 Å². The van der Waals surface area contributed by atoms with Crippen LogP contribution >= 0.6 is 11.3 Å². The standard InChI is InChI=1S/C29H33N3O3S/c1-18(2)31(4)29(34)25-17-36-26(30-25)16-35-23-12-11-20-13-14-32(28(33)22-9-10-22)27(24(20)15-23)21-7-5-19(3)6-8-21/h5-8,11-12,15,17-18,22,27H,9-10,13-14,16H2,1-4H3. The molecule has 2 heterocycles. The average molecular weight is 504 g/mol. The molecule has 0 radical (unpaired) electrons. The average Bonchev–Trinajstić information content (AvgIpc) is 3.63. The predicted octanol–water partition coefficient (Wildman–Crippen LogP) is 5.40. The van der Waals surface area contributed by atoms with Crippen LogP contribution in [0.2, 0.25) is 0 Å². The van der Waals surface area contributed by atoms with Crippen LogP contribution in [-0.4, -0.2) is 46.2 Å². The van der Waals surface area contributed by atoms with Gasteiger partial charge in [0, 0.05) is 30.9 Å². The van der Waals surface area contributed by atoms with E-state index in [-0.39, 0.29) is 29.8 Å². The fourth-order valence-electron chi connectivity index (χ4n) is 4.63. The van der Waals surface area contributed by atoms with Gasteiger partial charge < -0.3 is 14.5 Å². The molecular formula is C29H33N3O3S. The molecule has 2 aromatic carbocycles. The Morgan fingerprint density at radius 1 is 1.17 bits per heavy atom. The summed E-state index contributed by atoms with van der Waals surface area (Å²) in [6.07, 6.45) is 2.84. The van der Waals surface area contributed by atoms with Crippen molar-refractivity contribution in [2.24, 2.45) is 5.92 Å². The quantitative estimate of drug-likeness (QED) is 0.433. The van der Waals surface area contributed by atoms with Gasteiger partial charge in [-0.2, -0.15) is 0 Å². The molecule has 0 bridgehead atoms. The first-order valence-corrected chi connectivity index (χ1v) is 13.5. The zero-order valence-electron chi connectivity index (χ0n) is 21.4. The second kappa shape index (κ2) is 10.1. The molecule has 188 valence electrons. The topological polar surface area (TPSA) is 62.7 Å². The van der Waals surface area contributed by atoms with Crippen LogP contribution in [0, 0.1) is 12.8 Å². The van der Waals surface area contributed by atoms with E-state index in [4.69, 9.17) is 4.74 Å². The lowest BCUT2D eigenvalue weighted by atomic mass is 9.87. The van der Waals surface area contributed by atoms with Crippen LogP contribution < -0.4 is 4.74 Å². The number of amides is 2. The maximum Gasteiger partial charge on any atom is 0.273 e. The maximum absolute atomic E-state index is 13.2. The molecule has 1 aromatic heterocycles. The maximum atomic E-state index is 13.2. The van der Waals surface area contributed by atoms with Crippen molar-refractivity contribution in [1.82, 2.24) is 14.8 Å². The summed E-state index contributed by atoms with van der Waals surface area (Å²) < 4.78 is 6.14. The van der Waals surface area contributed by atoms with E-state index in [2.05, 4.69) is 53.2 Å². The Morgan fingerprint density at radius 2 is 1.92 bits per heavy atom. The third-order valence-corrected chi connectivity index (χ3v) is 8.00. The lowest BCUT2D eigenvalue weighted by Crippen LogP contribution is -2.41. The summed E-state index contributed by atoms with van der Waals surface area (Å²) >= 11 is 1.43. The summed E-state index contributed by atoms with van der Waals surface area (Å²) in [5.74, 6) is 1.11. The number of fused-ring (bicyclic) bond motifs is 1. The Labute approximate surface area is 216 Å². The number of hydrogen-bond acceptors (Lipinski definition) is 5. The van der Waals surface area contributed by atoms with Crippen LogP contribution in [-0.2, 0) is 17.8 Å². The van der Waals surface area contributed by atoms with Crippen LogP contribution in [0.25, 0.3) is 0 Å². The molecule has 0 saturated heterocycles. The van der Waals surface area contributed by atoms with Gasteiger partial charge in [-0.25, -0.2) is 4.98 Å². The van der Waals surface area contributed by atoms with Gasteiger partial charge in [0.2, 0.25) is 5.91 Å². The number of ether oxygens (including phenoxy) is 1. The van der Waals surface area contributed by atoms with Crippen LogP contribution in [0.5, 0.6) is 5.75 Å². The SMILES string of the molecule is Cc1ccc(C2c3cc(OCc4nc(C(=O)N(C)C(C)C)cs4)ccc3CCN2C(=O)C2CC2)cc1. The number of nitrogens with zero attached hydrogens (tertiary/aromatic N) is 3. The van der Waals surface area contributed by atoms with Gasteiger partial charge >= 0.3 is 0 Å². The van der Waals surface area contributed by atoms with Crippen molar-refractivity contribution < 1.29 is 14.3 Å². The summed E-state index contributed by atoms with van der Waals surface area (Å²) in [6, 6.07) is 14.7. The minimum Gasteiger partial charge on any atom is -0.486 e. The van der Waals surface area contributed by atoms with E-state index >= 15 is 0 Å². The summed E-state index contributed by atoms with van der Waals surface area (Å²) in [7, 11) is 1.79. The molecule has 0 N–H and O–H groups in total. The summed E-state index contributed by atoms with van der Waals surface area (Å²) in [5, 5.41) is 2.55. The molecule has 5 rings (SSSR count). The van der Waals surface area contributed by atoms with Gasteiger partial charge in [0.25, 0.3) is 5.91 Å². The Balaban J connectivity index is 1.38. The lowest BCUT2D eigenvalue weighted by molar-refractivity contribution is -0.134. The molecule has 1 fully saturated rings. The highest BCUT2D eigenvalue weighted by molar-refractivity contribution is 7.09. The number of carbonyl (C=O) groups is 2. The number of thiazole rings is 1. The van der Waals surface area contributed by atoms with E-state index in [9.17, 15) is 9.59 Å². The number of carbonyl (C=O) groups excluding carboxylic acids is 2. The number of hydrogen-bond donors (Lipinski definition) is 0. The van der Waals surface area contributed by atoms with Crippen molar-refractivity contribution in [3.05, 3.63) is 80.8 Å². The molecule has 1 saturated carbocycles. The third-order valence-electron chi connectivity index (χ3n) is 7.18. The molecule has 1 atom stereocenters. The monoisotopic (exact) mass is 503 g/mol. The highest BCUT2D eigenvalue weighted by Crippen LogP contribution is 2.41. The Kier molecular flexibility index (Phi) is 6.84. The summed E-state index contributed by atoms with van der Waals surface area (Å²) in [4.78, 5) is 34.0. The van der Waals surface area contributed by atoms with Gasteiger partial charge in [0.05, 0.1) is 6.04 Å². The smallest absolute Gasteiger partial charge is 0.273 e. The van der Waals surface area contributed by atoms with Gasteiger partial charge in [0.1, 0.15) is 23.1 Å². The van der Waals surface area contributed by atoms with Crippen LogP contribution in [0.15, 0.2) is 47.8 Å². The molecule has 6 nitrogen and oxygen atoms in total. The third kappa shape index (κ3) is 5.03. The van der Waals surface area contributed by atoms with Crippen molar-refractivity contribution in [3.8, 4) is 5.75 Å². The minimum absolute atomic E-state index is 0.0809. The van der Waals surface area contributed by atoms with E-state index in [0.717, 1.165) is 47.7 Å². The predicted molar refractivity (Wildman–Crippen MR) is 141 cm³/mol. The first kappa shape index (κ1) is 24.5. The highest BCUT2D eigenvalue weighted by atomic mass is 32.1. The van der Waals surface area contributed by atoms with Crippen LogP contribution in [0.3, 0.4) is 0 Å². The normalized spacial score (nSPS) is 17.1. The van der Waals surface area contributed by atoms with E-state index in [1.807, 2.05) is 19.9 Å². The highest BCUT2D eigenvalue weighted by Gasteiger charge is 2.39. The van der Waals surface area contributed by atoms with Crippen molar-refractivity contribution in [1.29, 1.82) is 0 Å². The molecule has 2 aliphatic rings. The Morgan fingerprint density at radius 3 is 2.61 bits per heavy atom. The fourth-order valence-corrected chi connectivity index (χ4v) is 5.31. The van der Waals surface area contributed by atoms with Crippen molar-refractivity contribution in [2.75, 3.05) is 13.6 Å². The molecule has 36 heavy (non-hydrogen) atoms. The Bertz CT molecular complexity index is 1260. The van der Waals surface area contributed by atoms with E-state index in [1.54, 1.807) is 17.3 Å². The summed E-state index contributed by atoms with van der Waals surface area (Å²) in [6.45, 7) is 7.07. The second-order valence-corrected chi connectivity index (χ2v) is 11.1. The lowest BCUT2D eigenvalue weighted by Gasteiger charge is -2.38. The van der Waals surface area contributed by atoms with E-state index in [1.165, 1.54) is 22.5 Å². The second-order valence-electron chi connectivity index (χ2n) is 10.2. The van der Waals surface area contributed by atoms with Crippen molar-refractivity contribution in [3.63, 3.8) is 0 Å². The largest absolute Gasteiger partial charge is 0.486 e. The van der Waals surface area contributed by atoms with Gasteiger partial charge in [0.15, 0.2) is 0 Å². The summed E-state index contributed by atoms with van der Waals surface area (Å²) in [5.41, 5.74) is 5.17. The van der Waals surface area contributed by atoms with Gasteiger partial charge in [-0.1, -0.05) is 35.9 Å². The number of aromatic nitrogens is 1. The molecule has 1 unspecified atom stereocenters. The first-order valence-electron chi connectivity index (χ1n) is 12.7. The molecule has 1 aliphatic carbocycles. The molecule has 0 spiro atoms. The molecule has 7 heteroatoms. The minimum atomic E-state index is -0.110. The van der Waals surface area contributed by atoms with Crippen LogP contribution in [0.1, 0.15) is 70.5 Å². The molecule has 3 aromatic rings. The van der Waals surface area contributed by atoms with Crippen molar-refractivity contribution in [2.45, 2.75) is 58.7 Å². The molecule has 2 amide bonds. The van der Waals surface area contributed by atoms with Gasteiger partial charge in [-0.3, -0.25) is 9.59 Å². The zero-order chi connectivity index (χ0) is 25.4. The molecule has 1 aliphatic heterocycles. The van der Waals surface area contributed by atoms with Gasteiger partial charge in [-0.05, 0) is 68.9 Å². The fraction of sp³-hybridized carbons (Fsp3) is 0.414. The Hall–Kier alpha value is -3.19. The van der Waals surface area contributed by atoms with Crippen molar-refractivity contribution >= 4 is 23.2 Å². The molecular weight excluding hydrogens is 470 g/mol. The number of rotatable bonds is 7. The first-order chi connectivity index (χ1) is 17.3. The number of aryl methyl sites for hydroxylation is 1. The van der Waals surface area contributed by atoms with E-state index in [0.29, 0.717) is 12.3 Å².